The molecule has 3 heterocycles. The summed E-state index contributed by atoms with van der Waals surface area (Å²) in [4.78, 5) is 16.7. The fourth-order valence-electron chi connectivity index (χ4n) is 3.27. The number of benzene rings is 1. The molecular weight excluding hydrogens is 410 g/mol. The summed E-state index contributed by atoms with van der Waals surface area (Å²) < 4.78 is 11.1. The Hall–Kier alpha value is -3.59. The fraction of sp³-hybridized carbons (Fsp3) is 0.348. The third-order valence-corrected chi connectivity index (χ3v) is 5.07. The largest absolute Gasteiger partial charge is 0.471 e. The molecule has 4 rings (SSSR count). The zero-order valence-corrected chi connectivity index (χ0v) is 18.3. The zero-order chi connectivity index (χ0) is 22.7. The quantitative estimate of drug-likeness (QED) is 0.471. The van der Waals surface area contributed by atoms with Gasteiger partial charge in [0.05, 0.1) is 12.2 Å². The minimum atomic E-state index is -0.402. The van der Waals surface area contributed by atoms with Crippen molar-refractivity contribution in [3.8, 4) is 17.0 Å². The van der Waals surface area contributed by atoms with Gasteiger partial charge in [0, 0.05) is 42.0 Å². The summed E-state index contributed by atoms with van der Waals surface area (Å²) in [6, 6.07) is 10.7. The van der Waals surface area contributed by atoms with E-state index in [1.54, 1.807) is 12.3 Å². The van der Waals surface area contributed by atoms with Crippen LogP contribution in [-0.4, -0.2) is 40.5 Å². The number of anilines is 3. The topological polar surface area (TPSA) is 122 Å². The lowest BCUT2D eigenvalue weighted by Gasteiger charge is -2.26. The number of aromatic nitrogens is 2. The SMILES string of the molecule is CC(C)(C)c1cc(NC(=O)Nc2ccc(-c3cnc4c(c3)NCC(CCO)O4)cc2)no1. The lowest BCUT2D eigenvalue weighted by molar-refractivity contribution is 0.152. The second-order valence-corrected chi connectivity index (χ2v) is 8.69. The van der Waals surface area contributed by atoms with Crippen LogP contribution in [0.4, 0.5) is 22.0 Å². The summed E-state index contributed by atoms with van der Waals surface area (Å²) in [5.74, 6) is 1.59. The second kappa shape index (κ2) is 8.88. The van der Waals surface area contributed by atoms with E-state index < -0.39 is 6.03 Å². The van der Waals surface area contributed by atoms with Gasteiger partial charge in [0.2, 0.25) is 5.88 Å². The molecule has 0 saturated carbocycles. The first-order valence-electron chi connectivity index (χ1n) is 10.5. The first-order chi connectivity index (χ1) is 15.3. The number of aliphatic hydroxyl groups is 1. The van der Waals surface area contributed by atoms with Crippen LogP contribution >= 0.6 is 0 Å². The Bertz CT molecular complexity index is 1090. The highest BCUT2D eigenvalue weighted by atomic mass is 16.5. The number of amides is 2. The number of rotatable bonds is 5. The molecule has 2 amide bonds. The monoisotopic (exact) mass is 437 g/mol. The lowest BCUT2D eigenvalue weighted by atomic mass is 9.93. The van der Waals surface area contributed by atoms with Crippen LogP contribution < -0.4 is 20.7 Å². The van der Waals surface area contributed by atoms with Crippen LogP contribution in [0.15, 0.2) is 47.1 Å². The Morgan fingerprint density at radius 2 is 1.97 bits per heavy atom. The van der Waals surface area contributed by atoms with Crippen molar-refractivity contribution < 1.29 is 19.2 Å². The van der Waals surface area contributed by atoms with Gasteiger partial charge in [0.25, 0.3) is 0 Å². The van der Waals surface area contributed by atoms with Gasteiger partial charge in [0.15, 0.2) is 5.82 Å². The van der Waals surface area contributed by atoms with E-state index in [0.717, 1.165) is 16.8 Å². The molecule has 1 unspecified atom stereocenters. The first-order valence-corrected chi connectivity index (χ1v) is 10.5. The van der Waals surface area contributed by atoms with Crippen LogP contribution in [-0.2, 0) is 5.41 Å². The van der Waals surface area contributed by atoms with E-state index in [9.17, 15) is 4.79 Å². The molecule has 1 atom stereocenters. The third kappa shape index (κ3) is 5.00. The number of hydrogen-bond donors (Lipinski definition) is 4. The van der Waals surface area contributed by atoms with Gasteiger partial charge in [-0.25, -0.2) is 9.78 Å². The van der Waals surface area contributed by atoms with Crippen molar-refractivity contribution in [1.82, 2.24) is 10.1 Å². The molecule has 0 radical (unpaired) electrons. The Morgan fingerprint density at radius 3 is 2.66 bits per heavy atom. The number of ether oxygens (including phenoxy) is 1. The van der Waals surface area contributed by atoms with Crippen LogP contribution in [0.5, 0.6) is 5.88 Å². The van der Waals surface area contributed by atoms with Crippen molar-refractivity contribution in [3.05, 3.63) is 48.4 Å². The summed E-state index contributed by atoms with van der Waals surface area (Å²) in [6.45, 7) is 6.73. The predicted molar refractivity (Wildman–Crippen MR) is 122 cm³/mol. The van der Waals surface area contributed by atoms with Gasteiger partial charge in [-0.1, -0.05) is 38.1 Å². The smallest absolute Gasteiger partial charge is 0.324 e. The highest BCUT2D eigenvalue weighted by molar-refractivity contribution is 5.99. The number of carbonyl (C=O) groups is 1. The molecule has 32 heavy (non-hydrogen) atoms. The van der Waals surface area contributed by atoms with E-state index in [1.807, 2.05) is 51.1 Å². The van der Waals surface area contributed by atoms with Crippen LogP contribution in [0.25, 0.3) is 11.1 Å². The van der Waals surface area contributed by atoms with Gasteiger partial charge in [0.1, 0.15) is 11.9 Å². The molecule has 0 fully saturated rings. The van der Waals surface area contributed by atoms with Crippen molar-refractivity contribution in [1.29, 1.82) is 0 Å². The van der Waals surface area contributed by atoms with E-state index in [4.69, 9.17) is 14.4 Å². The number of hydrogen-bond acceptors (Lipinski definition) is 7. The van der Waals surface area contributed by atoms with Crippen molar-refractivity contribution in [3.63, 3.8) is 0 Å². The minimum absolute atomic E-state index is 0.0781. The maximum absolute atomic E-state index is 12.3. The molecule has 9 nitrogen and oxygen atoms in total. The average molecular weight is 438 g/mol. The van der Waals surface area contributed by atoms with Gasteiger partial charge in [-0.05, 0) is 23.8 Å². The summed E-state index contributed by atoms with van der Waals surface area (Å²) in [5.41, 5.74) is 3.16. The predicted octanol–water partition coefficient (Wildman–Crippen LogP) is 4.23. The molecule has 168 valence electrons. The highest BCUT2D eigenvalue weighted by Crippen LogP contribution is 2.32. The van der Waals surface area contributed by atoms with Gasteiger partial charge < -0.3 is 25.0 Å². The number of pyridine rings is 1. The molecular formula is C23H27N5O4. The normalized spacial score (nSPS) is 15.3. The number of aliphatic hydroxyl groups excluding tert-OH is 1. The molecule has 3 aromatic rings. The lowest BCUT2D eigenvalue weighted by Crippen LogP contribution is -2.32. The molecule has 0 spiro atoms. The van der Waals surface area contributed by atoms with Crippen LogP contribution in [0.2, 0.25) is 0 Å². The van der Waals surface area contributed by atoms with Crippen LogP contribution in [0, 0.1) is 0 Å². The Kier molecular flexibility index (Phi) is 6.00. The van der Waals surface area contributed by atoms with Crippen LogP contribution in [0.1, 0.15) is 33.0 Å². The summed E-state index contributed by atoms with van der Waals surface area (Å²) >= 11 is 0. The van der Waals surface area contributed by atoms with Crippen molar-refractivity contribution in [2.45, 2.75) is 38.7 Å². The van der Waals surface area contributed by atoms with E-state index in [1.165, 1.54) is 0 Å². The minimum Gasteiger partial charge on any atom is -0.471 e. The first kappa shape index (κ1) is 21.6. The van der Waals surface area contributed by atoms with Gasteiger partial charge in [-0.3, -0.25) is 5.32 Å². The molecule has 1 aliphatic heterocycles. The van der Waals surface area contributed by atoms with Gasteiger partial charge >= 0.3 is 6.03 Å². The van der Waals surface area contributed by atoms with E-state index in [0.29, 0.717) is 36.1 Å². The Labute approximate surface area is 186 Å². The number of carbonyl (C=O) groups excluding carboxylic acids is 1. The number of fused-ring (bicyclic) bond motifs is 1. The maximum atomic E-state index is 12.3. The molecule has 2 aromatic heterocycles. The van der Waals surface area contributed by atoms with E-state index in [-0.39, 0.29) is 18.1 Å². The van der Waals surface area contributed by atoms with Gasteiger partial charge in [-0.2, -0.15) is 0 Å². The number of urea groups is 1. The maximum Gasteiger partial charge on any atom is 0.324 e. The summed E-state index contributed by atoms with van der Waals surface area (Å²) in [6.07, 6.45) is 2.22. The highest BCUT2D eigenvalue weighted by Gasteiger charge is 2.21. The average Bonchev–Trinajstić information content (AvgIpc) is 3.23. The van der Waals surface area contributed by atoms with Crippen molar-refractivity contribution in [2.75, 3.05) is 29.1 Å². The molecule has 0 aliphatic carbocycles. The van der Waals surface area contributed by atoms with Crippen molar-refractivity contribution in [2.24, 2.45) is 0 Å². The van der Waals surface area contributed by atoms with Crippen molar-refractivity contribution >= 4 is 23.2 Å². The molecule has 0 bridgehead atoms. The third-order valence-electron chi connectivity index (χ3n) is 5.07. The number of nitrogens with zero attached hydrogens (tertiary/aromatic N) is 2. The second-order valence-electron chi connectivity index (χ2n) is 8.69. The molecule has 1 aliphatic rings. The molecule has 1 aromatic carbocycles. The Balaban J connectivity index is 1.38. The molecule has 0 saturated heterocycles. The standard InChI is InChI=1S/C23H27N5O4/c1-23(2,3)19-11-20(28-32-19)27-22(30)26-16-6-4-14(5-7-16)15-10-18-21(25-12-15)31-17(8-9-29)13-24-18/h4-7,10-12,17,24,29H,8-9,13H2,1-3H3,(H2,26,27,28,30). The van der Waals surface area contributed by atoms with E-state index >= 15 is 0 Å². The number of nitrogens with one attached hydrogen (secondary N) is 3. The summed E-state index contributed by atoms with van der Waals surface area (Å²) in [5, 5.41) is 21.7. The fourth-order valence-corrected chi connectivity index (χ4v) is 3.27. The van der Waals surface area contributed by atoms with Gasteiger partial charge in [-0.15, -0.1) is 0 Å². The summed E-state index contributed by atoms with van der Waals surface area (Å²) in [7, 11) is 0. The van der Waals surface area contributed by atoms with E-state index in [2.05, 4.69) is 26.1 Å². The van der Waals surface area contributed by atoms with Crippen LogP contribution in [0.3, 0.4) is 0 Å². The zero-order valence-electron chi connectivity index (χ0n) is 18.3. The molecule has 9 heteroatoms. The Morgan fingerprint density at radius 1 is 1.19 bits per heavy atom. The molecule has 4 N–H and O–H groups in total.